The molecule has 0 bridgehead atoms. The minimum absolute atomic E-state index is 0.0539. The number of nitrogens with zero attached hydrogens (tertiary/aromatic N) is 2. The van der Waals surface area contributed by atoms with Crippen molar-refractivity contribution in [2.45, 2.75) is 22.8 Å². The molecule has 0 saturated heterocycles. The van der Waals surface area contributed by atoms with Crippen molar-refractivity contribution in [2.24, 2.45) is 0 Å². The Labute approximate surface area is 147 Å². The van der Waals surface area contributed by atoms with Crippen molar-refractivity contribution in [3.05, 3.63) is 58.9 Å². The monoisotopic (exact) mass is 412 g/mol. The van der Waals surface area contributed by atoms with E-state index in [1.165, 1.54) is 0 Å². The molecule has 1 aromatic carbocycles. The fourth-order valence-corrected chi connectivity index (χ4v) is 3.25. The topological polar surface area (TPSA) is 70.8 Å². The summed E-state index contributed by atoms with van der Waals surface area (Å²) in [4.78, 5) is 1.87. The summed E-state index contributed by atoms with van der Waals surface area (Å²) in [5.74, 6) is 0. The van der Waals surface area contributed by atoms with E-state index in [9.17, 15) is 39.2 Å². The highest BCUT2D eigenvalue weighted by Crippen LogP contribution is 2.39. The SMILES string of the molecule is N#Cc1ccc(C(F)S(=O)(=O)c2cc(C(F)(F)F)cc(C(F)(F)F)c2)nc1. The van der Waals surface area contributed by atoms with Crippen LogP contribution in [0.15, 0.2) is 41.4 Å². The van der Waals surface area contributed by atoms with Crippen LogP contribution in [-0.2, 0) is 22.2 Å². The van der Waals surface area contributed by atoms with Crippen molar-refractivity contribution < 1.29 is 39.2 Å². The van der Waals surface area contributed by atoms with E-state index < -0.39 is 49.4 Å². The largest absolute Gasteiger partial charge is 0.416 e. The summed E-state index contributed by atoms with van der Waals surface area (Å²) < 4.78 is 116. The lowest BCUT2D eigenvalue weighted by atomic mass is 10.1. The quantitative estimate of drug-likeness (QED) is 0.700. The molecule has 0 amide bonds. The van der Waals surface area contributed by atoms with Crippen molar-refractivity contribution in [1.82, 2.24) is 4.98 Å². The van der Waals surface area contributed by atoms with E-state index in [1.54, 1.807) is 6.07 Å². The van der Waals surface area contributed by atoms with Crippen LogP contribution in [0.2, 0.25) is 0 Å². The van der Waals surface area contributed by atoms with Gasteiger partial charge in [-0.05, 0) is 30.3 Å². The molecule has 0 aliphatic carbocycles. The maximum absolute atomic E-state index is 14.4. The van der Waals surface area contributed by atoms with Gasteiger partial charge in [0, 0.05) is 6.20 Å². The molecule has 0 radical (unpaired) electrons. The Balaban J connectivity index is 2.61. The highest BCUT2D eigenvalue weighted by atomic mass is 32.2. The first kappa shape index (κ1) is 20.6. The third kappa shape index (κ3) is 4.36. The number of aromatic nitrogens is 1. The Bertz CT molecular complexity index is 959. The Hall–Kier alpha value is -2.68. The summed E-state index contributed by atoms with van der Waals surface area (Å²) in [5, 5.41) is 8.60. The minimum atomic E-state index is -5.29. The second kappa shape index (κ2) is 6.80. The molecule has 1 unspecified atom stereocenters. The number of hydrogen-bond donors (Lipinski definition) is 0. The van der Waals surface area contributed by atoms with Gasteiger partial charge in [0.2, 0.25) is 15.3 Å². The van der Waals surface area contributed by atoms with Crippen LogP contribution < -0.4 is 0 Å². The molecule has 2 rings (SSSR count). The Morgan fingerprint density at radius 3 is 1.85 bits per heavy atom. The molecule has 12 heteroatoms. The lowest BCUT2D eigenvalue weighted by Crippen LogP contribution is -2.16. The Kier molecular flexibility index (Phi) is 5.20. The highest BCUT2D eigenvalue weighted by Gasteiger charge is 2.40. The first-order chi connectivity index (χ1) is 12.3. The second-order valence-electron chi connectivity index (χ2n) is 5.19. The molecule has 2 aromatic rings. The number of pyridine rings is 1. The number of alkyl halides is 7. The van der Waals surface area contributed by atoms with E-state index in [0.29, 0.717) is 0 Å². The number of rotatable bonds is 3. The fourth-order valence-electron chi connectivity index (χ4n) is 1.97. The summed E-state index contributed by atoms with van der Waals surface area (Å²) in [6, 6.07) is 2.98. The number of sulfone groups is 1. The average Bonchev–Trinajstić information content (AvgIpc) is 2.59. The third-order valence-electron chi connectivity index (χ3n) is 3.31. The summed E-state index contributed by atoms with van der Waals surface area (Å²) in [5.41, 5.74) is -7.66. The van der Waals surface area contributed by atoms with Crippen LogP contribution in [-0.4, -0.2) is 13.4 Å². The predicted octanol–water partition coefficient (Wildman–Crippen LogP) is 4.43. The molecule has 0 aliphatic heterocycles. The summed E-state index contributed by atoms with van der Waals surface area (Å²) in [6.07, 6.45) is -9.77. The maximum atomic E-state index is 14.4. The van der Waals surface area contributed by atoms with E-state index in [-0.39, 0.29) is 23.8 Å². The number of halogens is 7. The van der Waals surface area contributed by atoms with E-state index in [2.05, 4.69) is 4.98 Å². The van der Waals surface area contributed by atoms with Gasteiger partial charge in [-0.15, -0.1) is 0 Å². The first-order valence-electron chi connectivity index (χ1n) is 6.80. The standard InChI is InChI=1S/C15H7F7N2O2S/c16-13(12-2-1-8(6-23)7-24-12)27(25,26)11-4-9(14(17,18)19)3-10(5-11)15(20,21)22/h1-5,7,13H. The first-order valence-corrected chi connectivity index (χ1v) is 8.35. The van der Waals surface area contributed by atoms with Gasteiger partial charge in [-0.1, -0.05) is 0 Å². The molecule has 0 N–H and O–H groups in total. The van der Waals surface area contributed by atoms with Crippen molar-refractivity contribution in [3.8, 4) is 6.07 Å². The molecule has 0 spiro atoms. The molecular weight excluding hydrogens is 405 g/mol. The fraction of sp³-hybridized carbons (Fsp3) is 0.200. The van der Waals surface area contributed by atoms with Crippen LogP contribution in [0.1, 0.15) is 27.9 Å². The van der Waals surface area contributed by atoms with Gasteiger partial charge in [-0.3, -0.25) is 4.98 Å². The third-order valence-corrected chi connectivity index (χ3v) is 4.99. The minimum Gasteiger partial charge on any atom is -0.256 e. The molecule has 4 nitrogen and oxygen atoms in total. The predicted molar refractivity (Wildman–Crippen MR) is 76.4 cm³/mol. The molecule has 27 heavy (non-hydrogen) atoms. The molecule has 0 aliphatic rings. The van der Waals surface area contributed by atoms with Gasteiger partial charge in [-0.2, -0.15) is 31.6 Å². The van der Waals surface area contributed by atoms with Gasteiger partial charge in [0.15, 0.2) is 0 Å². The molecule has 0 fully saturated rings. The lowest BCUT2D eigenvalue weighted by molar-refractivity contribution is -0.143. The zero-order chi connectivity index (χ0) is 20.6. The lowest BCUT2D eigenvalue weighted by Gasteiger charge is -2.15. The van der Waals surface area contributed by atoms with Gasteiger partial charge < -0.3 is 0 Å². The van der Waals surface area contributed by atoms with Gasteiger partial charge >= 0.3 is 12.4 Å². The van der Waals surface area contributed by atoms with E-state index in [1.807, 2.05) is 0 Å². The van der Waals surface area contributed by atoms with Crippen molar-refractivity contribution in [3.63, 3.8) is 0 Å². The van der Waals surface area contributed by atoms with Gasteiger partial charge in [-0.25, -0.2) is 12.8 Å². The summed E-state index contributed by atoms with van der Waals surface area (Å²) in [7, 11) is -5.29. The van der Waals surface area contributed by atoms with Gasteiger partial charge in [0.05, 0.1) is 27.3 Å². The molecule has 1 heterocycles. The summed E-state index contributed by atoms with van der Waals surface area (Å²) >= 11 is 0. The van der Waals surface area contributed by atoms with Crippen LogP contribution in [0, 0.1) is 11.3 Å². The van der Waals surface area contributed by atoms with Crippen molar-refractivity contribution in [2.75, 3.05) is 0 Å². The van der Waals surface area contributed by atoms with Crippen LogP contribution >= 0.6 is 0 Å². The van der Waals surface area contributed by atoms with E-state index >= 15 is 0 Å². The van der Waals surface area contributed by atoms with Crippen LogP contribution in [0.5, 0.6) is 0 Å². The molecule has 144 valence electrons. The molecule has 1 aromatic heterocycles. The number of benzene rings is 1. The normalized spacial score (nSPS) is 13.9. The van der Waals surface area contributed by atoms with Crippen LogP contribution in [0.3, 0.4) is 0 Å². The average molecular weight is 412 g/mol. The Morgan fingerprint density at radius 1 is 0.963 bits per heavy atom. The van der Waals surface area contributed by atoms with E-state index in [0.717, 1.165) is 18.3 Å². The summed E-state index contributed by atoms with van der Waals surface area (Å²) in [6.45, 7) is 0. The maximum Gasteiger partial charge on any atom is 0.416 e. The highest BCUT2D eigenvalue weighted by molar-refractivity contribution is 7.91. The number of nitriles is 1. The zero-order valence-corrected chi connectivity index (χ0v) is 13.6. The Morgan fingerprint density at radius 2 is 1.48 bits per heavy atom. The molecule has 1 atom stereocenters. The zero-order valence-electron chi connectivity index (χ0n) is 12.8. The molecule has 0 saturated carbocycles. The molecular formula is C15H7F7N2O2S. The van der Waals surface area contributed by atoms with Crippen molar-refractivity contribution in [1.29, 1.82) is 5.26 Å². The van der Waals surface area contributed by atoms with Crippen LogP contribution in [0.4, 0.5) is 30.7 Å². The smallest absolute Gasteiger partial charge is 0.256 e. The van der Waals surface area contributed by atoms with E-state index in [4.69, 9.17) is 5.26 Å². The van der Waals surface area contributed by atoms with Gasteiger partial charge in [0.1, 0.15) is 6.07 Å². The van der Waals surface area contributed by atoms with Gasteiger partial charge in [0.25, 0.3) is 0 Å². The van der Waals surface area contributed by atoms with Crippen molar-refractivity contribution >= 4 is 9.84 Å². The second-order valence-corrected chi connectivity index (χ2v) is 7.16. The number of hydrogen-bond acceptors (Lipinski definition) is 4. The van der Waals surface area contributed by atoms with Crippen LogP contribution in [0.25, 0.3) is 0 Å².